The lowest BCUT2D eigenvalue weighted by molar-refractivity contribution is -0.155. The Morgan fingerprint density at radius 3 is 2.64 bits per heavy atom. The average Bonchev–Trinajstić information content (AvgIpc) is 2.43. The maximum atomic E-state index is 10.7. The molecule has 2 heterocycles. The van der Waals surface area contributed by atoms with Crippen LogP contribution < -0.4 is 0 Å². The molecule has 0 radical (unpaired) electrons. The second-order valence-electron chi connectivity index (χ2n) is 2.02. The minimum atomic E-state index is -1.71. The highest BCUT2D eigenvalue weighted by Crippen LogP contribution is 2.55. The summed E-state index contributed by atoms with van der Waals surface area (Å²) in [4.78, 5) is 21.0. The average molecular weight is 178 g/mol. The van der Waals surface area contributed by atoms with Crippen LogP contribution >= 0.6 is 8.60 Å². The zero-order chi connectivity index (χ0) is 8.01. The van der Waals surface area contributed by atoms with Crippen molar-refractivity contribution < 1.29 is 28.3 Å². The van der Waals surface area contributed by atoms with Crippen molar-refractivity contribution in [3.05, 3.63) is 0 Å². The Morgan fingerprint density at radius 1 is 1.55 bits per heavy atom. The molecule has 7 heteroatoms. The number of carboxylic acids is 1. The van der Waals surface area contributed by atoms with Gasteiger partial charge in [0.2, 0.25) is 12.2 Å². The van der Waals surface area contributed by atoms with Gasteiger partial charge in [0.25, 0.3) is 0 Å². The van der Waals surface area contributed by atoms with Gasteiger partial charge >= 0.3 is 20.5 Å². The Morgan fingerprint density at radius 2 is 2.27 bits per heavy atom. The van der Waals surface area contributed by atoms with Crippen LogP contribution in [-0.2, 0) is 23.2 Å². The van der Waals surface area contributed by atoms with Crippen LogP contribution in [0.15, 0.2) is 0 Å². The predicted octanol–water partition coefficient (Wildman–Crippen LogP) is -0.361. The highest BCUT2D eigenvalue weighted by atomic mass is 31.2. The van der Waals surface area contributed by atoms with Crippen molar-refractivity contribution in [3.8, 4) is 0 Å². The third-order valence-corrected chi connectivity index (χ3v) is 2.44. The molecule has 2 fully saturated rings. The van der Waals surface area contributed by atoms with Gasteiger partial charge in [-0.25, -0.2) is 9.59 Å². The van der Waals surface area contributed by atoms with E-state index in [0.717, 1.165) is 0 Å². The van der Waals surface area contributed by atoms with Gasteiger partial charge in [0, 0.05) is 0 Å². The van der Waals surface area contributed by atoms with E-state index in [4.69, 9.17) is 14.2 Å². The Balaban J connectivity index is 2.18. The minimum Gasteiger partial charge on any atom is -0.479 e. The van der Waals surface area contributed by atoms with Crippen LogP contribution in [0.25, 0.3) is 0 Å². The third kappa shape index (κ3) is 0.910. The second-order valence-corrected chi connectivity index (χ2v) is 3.08. The summed E-state index contributed by atoms with van der Waals surface area (Å²) >= 11 is 0. The topological polar surface area (TPSA) is 82.1 Å². The van der Waals surface area contributed by atoms with Crippen molar-refractivity contribution in [2.45, 2.75) is 12.2 Å². The van der Waals surface area contributed by atoms with E-state index in [1.165, 1.54) is 0 Å². The number of carboxylic acid groups (broad SMARTS) is 1. The van der Waals surface area contributed by atoms with E-state index >= 15 is 0 Å². The molecule has 0 aromatic carbocycles. The molecule has 2 aliphatic rings. The molecule has 11 heavy (non-hydrogen) atoms. The van der Waals surface area contributed by atoms with Gasteiger partial charge in [-0.05, 0) is 0 Å². The Hall–Kier alpha value is -0.710. The van der Waals surface area contributed by atoms with Crippen LogP contribution in [0.3, 0.4) is 0 Å². The zero-order valence-electron chi connectivity index (χ0n) is 5.09. The lowest BCUT2D eigenvalue weighted by Crippen LogP contribution is -2.37. The fourth-order valence-corrected chi connectivity index (χ4v) is 1.99. The number of carbonyl (C=O) groups is 2. The molecule has 6 nitrogen and oxygen atoms in total. The Labute approximate surface area is 62.0 Å². The first-order chi connectivity index (χ1) is 5.18. The van der Waals surface area contributed by atoms with Gasteiger partial charge < -0.3 is 9.63 Å². The van der Waals surface area contributed by atoms with Crippen molar-refractivity contribution in [3.63, 3.8) is 0 Å². The molecule has 1 unspecified atom stereocenters. The number of hydrogen-bond donors (Lipinski definition) is 1. The van der Waals surface area contributed by atoms with Gasteiger partial charge in [-0.1, -0.05) is 0 Å². The number of hydrogen-bond acceptors (Lipinski definition) is 5. The van der Waals surface area contributed by atoms with Gasteiger partial charge in [-0.15, -0.1) is 0 Å². The van der Waals surface area contributed by atoms with E-state index in [-0.39, 0.29) is 0 Å². The van der Waals surface area contributed by atoms with Crippen molar-refractivity contribution in [2.24, 2.45) is 0 Å². The summed E-state index contributed by atoms with van der Waals surface area (Å²) in [6.45, 7) is 0. The molecule has 0 aromatic heterocycles. The molecule has 0 amide bonds. The zero-order valence-corrected chi connectivity index (χ0v) is 5.98. The summed E-state index contributed by atoms with van der Waals surface area (Å²) in [7, 11) is -1.71. The smallest absolute Gasteiger partial charge is 0.401 e. The Kier molecular flexibility index (Phi) is 1.35. The second kappa shape index (κ2) is 2.14. The molecule has 2 aliphatic heterocycles. The van der Waals surface area contributed by atoms with Gasteiger partial charge in [-0.3, -0.25) is 9.05 Å². The summed E-state index contributed by atoms with van der Waals surface area (Å²) in [6, 6.07) is 0. The first kappa shape index (κ1) is 6.97. The lowest BCUT2D eigenvalue weighted by atomic mass is 10.2. The molecule has 0 saturated carbocycles. The van der Waals surface area contributed by atoms with Crippen LogP contribution in [-0.4, -0.2) is 29.3 Å². The highest BCUT2D eigenvalue weighted by molar-refractivity contribution is 7.43. The quantitative estimate of drug-likeness (QED) is 0.552. The normalized spacial score (nSPS) is 40.7. The summed E-state index contributed by atoms with van der Waals surface area (Å²) in [5.74, 6) is -1.84. The molecule has 2 rings (SSSR count). The highest BCUT2D eigenvalue weighted by Gasteiger charge is 2.55. The SMILES string of the molecule is O=C(O)[C@@H]1OP2OC(=O)[C@@H]1O2. The number of fused-ring (bicyclic) bond motifs is 2. The molecular formula is C4H3O6P. The van der Waals surface area contributed by atoms with Gasteiger partial charge in [-0.2, -0.15) is 0 Å². The molecule has 3 atom stereocenters. The van der Waals surface area contributed by atoms with Crippen LogP contribution in [0.2, 0.25) is 0 Å². The third-order valence-electron chi connectivity index (χ3n) is 1.31. The molecule has 0 aromatic rings. The van der Waals surface area contributed by atoms with Crippen molar-refractivity contribution >= 4 is 20.5 Å². The molecular weight excluding hydrogens is 175 g/mol. The molecule has 60 valence electrons. The summed E-state index contributed by atoms with van der Waals surface area (Å²) in [6.07, 6.45) is -2.24. The first-order valence-electron chi connectivity index (χ1n) is 2.77. The van der Waals surface area contributed by atoms with E-state index in [1.807, 2.05) is 0 Å². The van der Waals surface area contributed by atoms with E-state index in [2.05, 4.69) is 4.52 Å². The molecule has 2 saturated heterocycles. The summed E-state index contributed by atoms with van der Waals surface area (Å²) in [5.41, 5.74) is 0. The monoisotopic (exact) mass is 178 g/mol. The fraction of sp³-hybridized carbons (Fsp3) is 0.500. The molecule has 1 N–H and O–H groups in total. The maximum absolute atomic E-state index is 10.7. The van der Waals surface area contributed by atoms with E-state index in [9.17, 15) is 9.59 Å². The van der Waals surface area contributed by atoms with Gasteiger partial charge in [0.05, 0.1) is 0 Å². The molecule has 2 bridgehead atoms. The number of aliphatic carboxylic acids is 1. The molecule has 0 spiro atoms. The predicted molar refractivity (Wildman–Crippen MR) is 30.4 cm³/mol. The van der Waals surface area contributed by atoms with E-state index < -0.39 is 32.7 Å². The minimum absolute atomic E-state index is 0.644. The Bertz CT molecular complexity index is 227. The van der Waals surface area contributed by atoms with E-state index in [0.29, 0.717) is 0 Å². The largest absolute Gasteiger partial charge is 0.479 e. The maximum Gasteiger partial charge on any atom is 0.401 e. The van der Waals surface area contributed by atoms with E-state index in [1.54, 1.807) is 0 Å². The summed E-state index contributed by atoms with van der Waals surface area (Å²) in [5, 5.41) is 8.45. The number of rotatable bonds is 1. The summed E-state index contributed by atoms with van der Waals surface area (Å²) < 4.78 is 13.9. The van der Waals surface area contributed by atoms with Gasteiger partial charge in [0.1, 0.15) is 0 Å². The first-order valence-corrected chi connectivity index (χ1v) is 3.86. The van der Waals surface area contributed by atoms with Crippen molar-refractivity contribution in [2.75, 3.05) is 0 Å². The standard InChI is InChI=1S/C4H3O6P/c5-3(6)1-2-4(7)10-11(8-1)9-2/h1-2H,(H,5,6)/t1-,2-,11?/m1/s1. The fourth-order valence-electron chi connectivity index (χ4n) is 0.830. The van der Waals surface area contributed by atoms with Gasteiger partial charge in [0.15, 0.2) is 0 Å². The van der Waals surface area contributed by atoms with Crippen molar-refractivity contribution in [1.29, 1.82) is 0 Å². The van der Waals surface area contributed by atoms with Crippen LogP contribution in [0.4, 0.5) is 0 Å². The number of carbonyl (C=O) groups excluding carboxylic acids is 1. The van der Waals surface area contributed by atoms with Crippen LogP contribution in [0.5, 0.6) is 0 Å². The van der Waals surface area contributed by atoms with Crippen molar-refractivity contribution in [1.82, 2.24) is 0 Å². The lowest BCUT2D eigenvalue weighted by Gasteiger charge is -2.11. The molecule has 0 aliphatic carbocycles. The van der Waals surface area contributed by atoms with Crippen LogP contribution in [0, 0.1) is 0 Å². The van der Waals surface area contributed by atoms with Crippen LogP contribution in [0.1, 0.15) is 0 Å².